The van der Waals surface area contributed by atoms with E-state index in [1.807, 2.05) is 54.6 Å². The Kier molecular flexibility index (Phi) is 8.20. The molecule has 0 bridgehead atoms. The molecular weight excluding hydrogens is 548 g/mol. The fourth-order valence-electron chi connectivity index (χ4n) is 5.04. The molecule has 12 heteroatoms. The molecule has 1 aromatic heterocycles. The number of amides is 5. The molecule has 2 fully saturated rings. The van der Waals surface area contributed by atoms with E-state index in [1.165, 1.54) is 18.4 Å². The van der Waals surface area contributed by atoms with E-state index in [9.17, 15) is 24.0 Å². The van der Waals surface area contributed by atoms with Gasteiger partial charge in [-0.25, -0.2) is 14.5 Å². The first-order valence-electron chi connectivity index (χ1n) is 13.3. The van der Waals surface area contributed by atoms with Gasteiger partial charge in [0.25, 0.3) is 5.91 Å². The first-order chi connectivity index (χ1) is 19.8. The maximum Gasteiger partial charge on any atom is 0.417 e. The Hall–Kier alpha value is -4.45. The van der Waals surface area contributed by atoms with Gasteiger partial charge < -0.3 is 19.7 Å². The fourth-order valence-corrected chi connectivity index (χ4v) is 6.13. The molecule has 2 saturated heterocycles. The Bertz CT molecular complexity index is 1460. The van der Waals surface area contributed by atoms with Gasteiger partial charge in [0.2, 0.25) is 5.91 Å². The topological polar surface area (TPSA) is 134 Å². The number of carbonyl (C=O) groups is 5. The Morgan fingerprint density at radius 3 is 2.44 bits per heavy atom. The normalized spacial score (nSPS) is 16.4. The highest BCUT2D eigenvalue weighted by molar-refractivity contribution is 7.23. The lowest BCUT2D eigenvalue weighted by Crippen LogP contribution is -2.57. The van der Waals surface area contributed by atoms with Gasteiger partial charge in [-0.1, -0.05) is 48.5 Å². The maximum absolute atomic E-state index is 13.6. The molecule has 0 aliphatic carbocycles. The van der Waals surface area contributed by atoms with Gasteiger partial charge in [-0.2, -0.15) is 0 Å². The van der Waals surface area contributed by atoms with Gasteiger partial charge in [-0.3, -0.25) is 19.7 Å². The second-order valence-electron chi connectivity index (χ2n) is 9.97. The van der Waals surface area contributed by atoms with E-state index in [4.69, 9.17) is 9.47 Å². The highest BCUT2D eigenvalue weighted by Crippen LogP contribution is 2.39. The summed E-state index contributed by atoms with van der Waals surface area (Å²) < 4.78 is 11.9. The Labute approximate surface area is 240 Å². The maximum atomic E-state index is 13.6. The smallest absolute Gasteiger partial charge is 0.417 e. The number of urea groups is 1. The number of likely N-dealkylation sites (tertiary alicyclic amines) is 1. The number of fused-ring (bicyclic) bond motifs is 1. The molecule has 1 spiro atoms. The molecule has 11 nitrogen and oxygen atoms in total. The first kappa shape index (κ1) is 28.1. The number of thiophene rings is 1. The van der Waals surface area contributed by atoms with Crippen LogP contribution in [0.1, 0.15) is 41.6 Å². The van der Waals surface area contributed by atoms with E-state index in [0.29, 0.717) is 23.4 Å². The number of rotatable bonds is 7. The molecule has 2 aliphatic rings. The van der Waals surface area contributed by atoms with Crippen LogP contribution in [-0.2, 0) is 25.7 Å². The van der Waals surface area contributed by atoms with Gasteiger partial charge in [0.15, 0.2) is 0 Å². The van der Waals surface area contributed by atoms with Crippen LogP contribution in [0.5, 0.6) is 0 Å². The van der Waals surface area contributed by atoms with Crippen molar-refractivity contribution >= 4 is 56.3 Å². The van der Waals surface area contributed by atoms with Crippen LogP contribution in [0.25, 0.3) is 10.1 Å². The number of anilines is 1. The predicted octanol–water partition coefficient (Wildman–Crippen LogP) is 4.13. The predicted molar refractivity (Wildman–Crippen MR) is 151 cm³/mol. The summed E-state index contributed by atoms with van der Waals surface area (Å²) in [5.41, 5.74) is 0.245. The van der Waals surface area contributed by atoms with Crippen molar-refractivity contribution in [2.75, 3.05) is 32.0 Å². The Morgan fingerprint density at radius 1 is 1.02 bits per heavy atom. The van der Waals surface area contributed by atoms with Crippen molar-refractivity contribution in [3.8, 4) is 0 Å². The van der Waals surface area contributed by atoms with Gasteiger partial charge in [-0.15, -0.1) is 11.3 Å². The highest BCUT2D eigenvalue weighted by atomic mass is 32.1. The summed E-state index contributed by atoms with van der Waals surface area (Å²) in [7, 11) is 1.50. The second kappa shape index (κ2) is 12.0. The molecule has 0 atom stereocenters. The minimum atomic E-state index is -1.00. The van der Waals surface area contributed by atoms with Crippen LogP contribution in [0.15, 0.2) is 54.6 Å². The summed E-state index contributed by atoms with van der Waals surface area (Å²) in [6, 6.07) is 16.2. The molecule has 214 valence electrons. The fraction of sp³-hybridized carbons (Fsp3) is 0.345. The number of ether oxygens (including phenoxy) is 2. The number of carbonyl (C=O) groups excluding carboxylic acids is 5. The monoisotopic (exact) mass is 578 g/mol. The molecule has 2 aliphatic heterocycles. The van der Waals surface area contributed by atoms with Gasteiger partial charge >= 0.3 is 18.1 Å². The first-order valence-corrected chi connectivity index (χ1v) is 14.1. The van der Waals surface area contributed by atoms with Gasteiger partial charge in [-0.05, 0) is 11.6 Å². The van der Waals surface area contributed by atoms with Crippen LogP contribution in [0.4, 0.5) is 14.6 Å². The Balaban J connectivity index is 1.18. The molecule has 0 unspecified atom stereocenters. The largest absolute Gasteiger partial charge is 0.461 e. The standard InChI is InChI=1S/C29H30N4O7S/c1-30-27(37)31-25-24(20-9-5-6-10-21(20)41-25)26(36)32-15-12-29(13-16-32)17-22(34)33(28(38)40-29)14-11-23(35)39-18-19-7-3-2-4-8-19/h2-10H,11-18H2,1H3,(H2,30,31,37). The summed E-state index contributed by atoms with van der Waals surface area (Å²) >= 11 is 1.32. The third-order valence-electron chi connectivity index (χ3n) is 7.31. The second-order valence-corrected chi connectivity index (χ2v) is 11.0. The lowest BCUT2D eigenvalue weighted by atomic mass is 9.86. The van der Waals surface area contributed by atoms with Gasteiger partial charge in [0, 0.05) is 49.6 Å². The van der Waals surface area contributed by atoms with E-state index in [2.05, 4.69) is 10.6 Å². The van der Waals surface area contributed by atoms with Crippen molar-refractivity contribution in [1.82, 2.24) is 15.1 Å². The number of esters is 1. The van der Waals surface area contributed by atoms with E-state index >= 15 is 0 Å². The van der Waals surface area contributed by atoms with Crippen molar-refractivity contribution in [2.45, 2.75) is 37.9 Å². The van der Waals surface area contributed by atoms with Gasteiger partial charge in [0.1, 0.15) is 17.2 Å². The molecule has 0 radical (unpaired) electrons. The van der Waals surface area contributed by atoms with Gasteiger partial charge in [0.05, 0.1) is 18.4 Å². The van der Waals surface area contributed by atoms with Crippen LogP contribution in [0.3, 0.4) is 0 Å². The van der Waals surface area contributed by atoms with Crippen LogP contribution in [-0.4, -0.2) is 72.0 Å². The lowest BCUT2D eigenvalue weighted by molar-refractivity contribution is -0.150. The minimum Gasteiger partial charge on any atom is -0.461 e. The molecular formula is C29H30N4O7S. The van der Waals surface area contributed by atoms with Crippen LogP contribution in [0, 0.1) is 0 Å². The number of nitrogens with zero attached hydrogens (tertiary/aromatic N) is 2. The summed E-state index contributed by atoms with van der Waals surface area (Å²) in [5, 5.41) is 6.45. The number of benzene rings is 2. The molecule has 0 saturated carbocycles. The number of hydrogen-bond donors (Lipinski definition) is 2. The average molecular weight is 579 g/mol. The zero-order chi connectivity index (χ0) is 29.0. The summed E-state index contributed by atoms with van der Waals surface area (Å²) in [6.07, 6.45) is -0.362. The number of imide groups is 1. The lowest BCUT2D eigenvalue weighted by Gasteiger charge is -2.44. The van der Waals surface area contributed by atoms with E-state index in [-0.39, 0.29) is 45.0 Å². The highest BCUT2D eigenvalue weighted by Gasteiger charge is 2.48. The molecule has 2 N–H and O–H groups in total. The summed E-state index contributed by atoms with van der Waals surface area (Å²) in [6.45, 7) is 0.531. The van der Waals surface area contributed by atoms with E-state index in [1.54, 1.807) is 4.90 Å². The van der Waals surface area contributed by atoms with Crippen molar-refractivity contribution in [3.63, 3.8) is 0 Å². The molecule has 41 heavy (non-hydrogen) atoms. The quantitative estimate of drug-likeness (QED) is 0.403. The van der Waals surface area contributed by atoms with Crippen LogP contribution in [0.2, 0.25) is 0 Å². The average Bonchev–Trinajstić information content (AvgIpc) is 3.33. The van der Waals surface area contributed by atoms with Crippen LogP contribution < -0.4 is 10.6 Å². The van der Waals surface area contributed by atoms with Crippen LogP contribution >= 0.6 is 11.3 Å². The molecule has 3 aromatic rings. The molecule has 3 heterocycles. The molecule has 5 rings (SSSR count). The SMILES string of the molecule is CNC(=O)Nc1sc2ccccc2c1C(=O)N1CCC2(CC1)CC(=O)N(CCC(=O)OCc1ccccc1)C(=O)O2. The Morgan fingerprint density at radius 2 is 1.73 bits per heavy atom. The third kappa shape index (κ3) is 6.17. The summed E-state index contributed by atoms with van der Waals surface area (Å²) in [4.78, 5) is 66.2. The summed E-state index contributed by atoms with van der Waals surface area (Å²) in [5.74, 6) is -1.18. The molecule has 5 amide bonds. The van der Waals surface area contributed by atoms with Crippen molar-refractivity contribution in [2.24, 2.45) is 0 Å². The molecule has 2 aromatic carbocycles. The van der Waals surface area contributed by atoms with E-state index < -0.39 is 29.6 Å². The minimum absolute atomic E-state index is 0.0231. The van der Waals surface area contributed by atoms with E-state index in [0.717, 1.165) is 20.5 Å². The zero-order valence-corrected chi connectivity index (χ0v) is 23.3. The number of hydrogen-bond acceptors (Lipinski definition) is 8. The zero-order valence-electron chi connectivity index (χ0n) is 22.5. The van der Waals surface area contributed by atoms with Crippen molar-refractivity contribution in [3.05, 3.63) is 65.7 Å². The third-order valence-corrected chi connectivity index (χ3v) is 8.39. The van der Waals surface area contributed by atoms with Crippen molar-refractivity contribution in [1.29, 1.82) is 0 Å². The number of piperidine rings is 1. The number of nitrogens with one attached hydrogen (secondary N) is 2. The van der Waals surface area contributed by atoms with Crippen molar-refractivity contribution < 1.29 is 33.4 Å².